The molecule has 4 atom stereocenters. The van der Waals surface area contributed by atoms with Gasteiger partial charge in [-0.3, -0.25) is 0 Å². The van der Waals surface area contributed by atoms with E-state index < -0.39 is 16.8 Å². The molecule has 0 aromatic rings. The van der Waals surface area contributed by atoms with Gasteiger partial charge in [0.25, 0.3) is 0 Å². The second kappa shape index (κ2) is 3.96. The van der Waals surface area contributed by atoms with Gasteiger partial charge in [0, 0.05) is 24.2 Å². The highest BCUT2D eigenvalue weighted by Crippen LogP contribution is 2.54. The lowest BCUT2D eigenvalue weighted by Crippen LogP contribution is -2.59. The van der Waals surface area contributed by atoms with Crippen LogP contribution in [0.3, 0.4) is 0 Å². The van der Waals surface area contributed by atoms with E-state index in [1.807, 2.05) is 34.6 Å². The third-order valence-corrected chi connectivity index (χ3v) is 4.76. The van der Waals surface area contributed by atoms with Crippen molar-refractivity contribution < 1.29 is 14.6 Å². The van der Waals surface area contributed by atoms with Gasteiger partial charge in [-0.25, -0.2) is 0 Å². The van der Waals surface area contributed by atoms with E-state index in [4.69, 9.17) is 15.9 Å². The molecule has 18 heavy (non-hydrogen) atoms. The minimum Gasteiger partial charge on any atom is -0.377 e. The Bertz CT molecular complexity index is 372. The maximum Gasteiger partial charge on any atom is 0.170 e. The molecule has 3 nitrogen and oxygen atoms in total. The van der Waals surface area contributed by atoms with Crippen molar-refractivity contribution >= 4 is 0 Å². The number of hydrogen-bond donors (Lipinski definition) is 1. The van der Waals surface area contributed by atoms with E-state index in [0.717, 1.165) is 0 Å². The van der Waals surface area contributed by atoms with E-state index in [9.17, 15) is 5.11 Å². The molecule has 0 amide bonds. The lowest BCUT2D eigenvalue weighted by molar-refractivity contribution is -0.257. The van der Waals surface area contributed by atoms with E-state index in [0.29, 0.717) is 12.8 Å². The zero-order valence-corrected chi connectivity index (χ0v) is 12.0. The number of aliphatic hydroxyl groups is 1. The third-order valence-electron chi connectivity index (χ3n) is 4.76. The molecule has 0 unspecified atom stereocenters. The molecule has 2 fully saturated rings. The Balaban J connectivity index is 2.31. The summed E-state index contributed by atoms with van der Waals surface area (Å²) in [6.45, 7) is 10.0. The molecule has 1 N–H and O–H groups in total. The molecule has 0 aromatic carbocycles. The molecule has 2 aliphatic rings. The van der Waals surface area contributed by atoms with E-state index in [1.54, 1.807) is 0 Å². The van der Waals surface area contributed by atoms with Crippen LogP contribution >= 0.6 is 0 Å². The summed E-state index contributed by atoms with van der Waals surface area (Å²) in [6, 6.07) is 0. The fourth-order valence-electron chi connectivity index (χ4n) is 3.58. The van der Waals surface area contributed by atoms with Gasteiger partial charge >= 0.3 is 0 Å². The van der Waals surface area contributed by atoms with Crippen molar-refractivity contribution in [2.75, 3.05) is 0 Å². The fourth-order valence-corrected chi connectivity index (χ4v) is 3.58. The Morgan fingerprint density at radius 3 is 2.06 bits per heavy atom. The van der Waals surface area contributed by atoms with Crippen LogP contribution in [0.15, 0.2) is 0 Å². The molecule has 2 rings (SSSR count). The third kappa shape index (κ3) is 1.79. The van der Waals surface area contributed by atoms with Crippen LogP contribution in [0.4, 0.5) is 0 Å². The van der Waals surface area contributed by atoms with E-state index in [-0.39, 0.29) is 18.1 Å². The summed E-state index contributed by atoms with van der Waals surface area (Å²) in [7, 11) is 0. The van der Waals surface area contributed by atoms with Gasteiger partial charge in [-0.1, -0.05) is 26.7 Å². The summed E-state index contributed by atoms with van der Waals surface area (Å²) in [4.78, 5) is 0. The molecule has 102 valence electrons. The number of ether oxygens (including phenoxy) is 2. The first-order chi connectivity index (χ1) is 8.16. The highest BCUT2D eigenvalue weighted by atomic mass is 16.8. The summed E-state index contributed by atoms with van der Waals surface area (Å²) in [5.41, 5.74) is -1.52. The quantitative estimate of drug-likeness (QED) is 0.672. The molecular weight excluding hydrogens is 228 g/mol. The molecule has 1 aliphatic carbocycles. The highest BCUT2D eigenvalue weighted by Gasteiger charge is 2.60. The zero-order chi connectivity index (χ0) is 13.8. The van der Waals surface area contributed by atoms with E-state index in [1.165, 1.54) is 0 Å². The van der Waals surface area contributed by atoms with Crippen molar-refractivity contribution in [1.82, 2.24) is 0 Å². The molecule has 1 saturated heterocycles. The van der Waals surface area contributed by atoms with Crippen molar-refractivity contribution in [3.63, 3.8) is 0 Å². The molecule has 1 spiro atoms. The molecule has 0 aromatic heterocycles. The van der Waals surface area contributed by atoms with Crippen molar-refractivity contribution in [2.24, 2.45) is 11.3 Å². The fraction of sp³-hybridized carbons (Fsp3) is 0.867. The van der Waals surface area contributed by atoms with Crippen LogP contribution in [-0.4, -0.2) is 28.7 Å². The normalized spacial score (nSPS) is 45.9. The van der Waals surface area contributed by atoms with E-state index >= 15 is 0 Å². The van der Waals surface area contributed by atoms with Gasteiger partial charge in [0.2, 0.25) is 0 Å². The maximum atomic E-state index is 10.7. The average Bonchev–Trinajstić information content (AvgIpc) is 2.49. The Morgan fingerprint density at radius 2 is 1.67 bits per heavy atom. The standard InChI is InChI=1S/C15H24O3/c1-7-15(16)10(2)8-14(9-13(15,5)6)17-11(3)12(4)18-14/h1,10-12,16H,8-9H2,2-6H3/t10-,11-,12-,15+/m1/s1. The molecule has 1 heterocycles. The second-order valence-corrected chi connectivity index (χ2v) is 6.63. The highest BCUT2D eigenvalue weighted by molar-refractivity contribution is 5.20. The lowest BCUT2D eigenvalue weighted by atomic mass is 9.59. The van der Waals surface area contributed by atoms with Gasteiger partial charge in [-0.05, 0) is 13.8 Å². The van der Waals surface area contributed by atoms with Crippen molar-refractivity contribution in [1.29, 1.82) is 0 Å². The molecule has 3 heteroatoms. The first-order valence-corrected chi connectivity index (χ1v) is 6.71. The summed E-state index contributed by atoms with van der Waals surface area (Å²) < 4.78 is 12.1. The maximum absolute atomic E-state index is 10.7. The van der Waals surface area contributed by atoms with Crippen LogP contribution in [0, 0.1) is 23.7 Å². The Kier molecular flexibility index (Phi) is 3.05. The predicted molar refractivity (Wildman–Crippen MR) is 69.8 cm³/mol. The predicted octanol–water partition coefficient (Wildman–Crippen LogP) is 2.33. The Labute approximate surface area is 110 Å². The van der Waals surface area contributed by atoms with Gasteiger partial charge in [-0.2, -0.15) is 0 Å². The minimum absolute atomic E-state index is 0.0521. The number of hydrogen-bond acceptors (Lipinski definition) is 3. The smallest absolute Gasteiger partial charge is 0.170 e. The average molecular weight is 252 g/mol. The largest absolute Gasteiger partial charge is 0.377 e. The SMILES string of the molecule is C#C[C@]1(O)[C@H](C)CC2(CC1(C)C)O[C@H](C)[C@@H](C)O2. The van der Waals surface area contributed by atoms with Crippen molar-refractivity contribution in [3.8, 4) is 12.3 Å². The minimum atomic E-state index is -1.10. The van der Waals surface area contributed by atoms with Gasteiger partial charge in [0.05, 0.1) is 12.2 Å². The van der Waals surface area contributed by atoms with Gasteiger partial charge < -0.3 is 14.6 Å². The molecule has 1 saturated carbocycles. The number of terminal acetylenes is 1. The number of rotatable bonds is 0. The lowest BCUT2D eigenvalue weighted by Gasteiger charge is -2.53. The summed E-state index contributed by atoms with van der Waals surface area (Å²) in [5.74, 6) is 1.96. The monoisotopic (exact) mass is 252 g/mol. The zero-order valence-electron chi connectivity index (χ0n) is 12.0. The van der Waals surface area contributed by atoms with Crippen LogP contribution in [-0.2, 0) is 9.47 Å². The van der Waals surface area contributed by atoms with Gasteiger partial charge in [-0.15, -0.1) is 6.42 Å². The van der Waals surface area contributed by atoms with Crippen LogP contribution in [0.25, 0.3) is 0 Å². The van der Waals surface area contributed by atoms with Crippen molar-refractivity contribution in [2.45, 2.75) is 71.1 Å². The van der Waals surface area contributed by atoms with Crippen molar-refractivity contribution in [3.05, 3.63) is 0 Å². The molecular formula is C15H24O3. The molecule has 1 aliphatic heterocycles. The Hall–Kier alpha value is -0.560. The molecule has 0 radical (unpaired) electrons. The topological polar surface area (TPSA) is 38.7 Å². The Morgan fingerprint density at radius 1 is 1.17 bits per heavy atom. The van der Waals surface area contributed by atoms with Gasteiger partial charge in [0.15, 0.2) is 5.79 Å². The van der Waals surface area contributed by atoms with Crippen LogP contribution in [0.2, 0.25) is 0 Å². The van der Waals surface area contributed by atoms with E-state index in [2.05, 4.69) is 5.92 Å². The van der Waals surface area contributed by atoms with Gasteiger partial charge in [0.1, 0.15) is 5.60 Å². The van der Waals surface area contributed by atoms with Crippen LogP contribution in [0.5, 0.6) is 0 Å². The first-order valence-electron chi connectivity index (χ1n) is 6.71. The molecule has 0 bridgehead atoms. The second-order valence-electron chi connectivity index (χ2n) is 6.63. The summed E-state index contributed by atoms with van der Waals surface area (Å²) in [5, 5.41) is 10.7. The summed E-state index contributed by atoms with van der Waals surface area (Å²) >= 11 is 0. The summed E-state index contributed by atoms with van der Waals surface area (Å²) in [6.07, 6.45) is 7.01. The van der Waals surface area contributed by atoms with Crippen LogP contribution < -0.4 is 0 Å². The van der Waals surface area contributed by atoms with Crippen LogP contribution in [0.1, 0.15) is 47.5 Å². The first kappa shape index (κ1) is 13.9.